The smallest absolute Gasteiger partial charge is 0.437 e. The van der Waals surface area contributed by atoms with Gasteiger partial charge in [-0.1, -0.05) is 24.6 Å². The Labute approximate surface area is 172 Å². The van der Waals surface area contributed by atoms with Gasteiger partial charge in [-0.2, -0.15) is 0 Å². The molecule has 28 heavy (non-hydrogen) atoms. The molecule has 0 saturated heterocycles. The first-order chi connectivity index (χ1) is 13.5. The van der Waals surface area contributed by atoms with Crippen LogP contribution in [-0.2, 0) is 9.09 Å². The fourth-order valence-corrected chi connectivity index (χ4v) is 5.93. The molecule has 0 aliphatic carbocycles. The van der Waals surface area contributed by atoms with Crippen LogP contribution in [0.15, 0.2) is 48.7 Å². The van der Waals surface area contributed by atoms with Crippen LogP contribution in [-0.4, -0.2) is 22.3 Å². The van der Waals surface area contributed by atoms with Gasteiger partial charge < -0.3 is 9.26 Å². The lowest BCUT2D eigenvalue weighted by Crippen LogP contribution is -1.97. The molecule has 0 amide bonds. The summed E-state index contributed by atoms with van der Waals surface area (Å²) in [6.07, 6.45) is 2.40. The van der Waals surface area contributed by atoms with Gasteiger partial charge in [0.25, 0.3) is 0 Å². The van der Waals surface area contributed by atoms with E-state index in [1.54, 1.807) is 49.4 Å². The molecular weight excluding hydrogens is 419 g/mol. The highest BCUT2D eigenvalue weighted by Crippen LogP contribution is 2.60. The topological polar surface area (TPSA) is 70.5 Å². The van der Waals surface area contributed by atoms with E-state index < -0.39 is 6.80 Å². The van der Waals surface area contributed by atoms with Crippen molar-refractivity contribution >= 4 is 40.8 Å². The van der Waals surface area contributed by atoms with E-state index in [0.29, 0.717) is 45.8 Å². The molecule has 6 nitrogen and oxygen atoms in total. The average Bonchev–Trinajstić information content (AvgIpc) is 2.67. The molecular formula is C19H20ClN2O4PS. The minimum atomic E-state index is -3.28. The van der Waals surface area contributed by atoms with E-state index in [1.165, 1.54) is 17.6 Å². The number of ether oxygens (including phenoxy) is 1. The van der Waals surface area contributed by atoms with Gasteiger partial charge in [-0.3, -0.25) is 4.52 Å². The average molecular weight is 439 g/mol. The number of fused-ring (bicyclic) bond motifs is 1. The number of halogens is 1. The van der Waals surface area contributed by atoms with Crippen molar-refractivity contribution in [2.45, 2.75) is 20.3 Å². The van der Waals surface area contributed by atoms with Gasteiger partial charge in [-0.25, -0.2) is 14.5 Å². The Morgan fingerprint density at radius 3 is 2.71 bits per heavy atom. The third-order valence-corrected chi connectivity index (χ3v) is 7.66. The summed E-state index contributed by atoms with van der Waals surface area (Å²) in [7, 11) is 0. The fourth-order valence-electron chi connectivity index (χ4n) is 2.31. The molecule has 0 saturated carbocycles. The SMILES string of the molecule is CCCSP(=O)(OCC)Oc1cccc(Oc2cnc3cc(Cl)ccc3n2)c1. The van der Waals surface area contributed by atoms with Crippen molar-refractivity contribution in [1.82, 2.24) is 9.97 Å². The van der Waals surface area contributed by atoms with Crippen molar-refractivity contribution in [2.24, 2.45) is 0 Å². The quantitative estimate of drug-likeness (QED) is 0.342. The predicted molar refractivity (Wildman–Crippen MR) is 114 cm³/mol. The summed E-state index contributed by atoms with van der Waals surface area (Å²) in [6.45, 7) is 0.825. The molecule has 1 heterocycles. The van der Waals surface area contributed by atoms with Crippen LogP contribution in [0.2, 0.25) is 5.02 Å². The van der Waals surface area contributed by atoms with Gasteiger partial charge in [0.15, 0.2) is 0 Å². The summed E-state index contributed by atoms with van der Waals surface area (Å²) in [6, 6.07) is 12.1. The Morgan fingerprint density at radius 2 is 1.93 bits per heavy atom. The summed E-state index contributed by atoms with van der Waals surface area (Å²) in [5.74, 6) is 1.91. The van der Waals surface area contributed by atoms with Crippen molar-refractivity contribution in [2.75, 3.05) is 12.4 Å². The van der Waals surface area contributed by atoms with E-state index in [4.69, 9.17) is 25.4 Å². The van der Waals surface area contributed by atoms with Crippen LogP contribution in [0, 0.1) is 0 Å². The summed E-state index contributed by atoms with van der Waals surface area (Å²) < 4.78 is 29.7. The molecule has 0 N–H and O–H groups in total. The van der Waals surface area contributed by atoms with E-state index >= 15 is 0 Å². The summed E-state index contributed by atoms with van der Waals surface area (Å²) >= 11 is 7.16. The lowest BCUT2D eigenvalue weighted by molar-refractivity contribution is 0.296. The Kier molecular flexibility index (Phi) is 7.18. The second-order valence-electron chi connectivity index (χ2n) is 5.71. The van der Waals surface area contributed by atoms with Crippen LogP contribution < -0.4 is 9.26 Å². The Balaban J connectivity index is 1.77. The lowest BCUT2D eigenvalue weighted by atomic mass is 10.3. The summed E-state index contributed by atoms with van der Waals surface area (Å²) in [4.78, 5) is 8.73. The van der Waals surface area contributed by atoms with Gasteiger partial charge in [0, 0.05) is 16.8 Å². The number of hydrogen-bond donors (Lipinski definition) is 0. The maximum absolute atomic E-state index is 12.8. The first kappa shape index (κ1) is 20.9. The van der Waals surface area contributed by atoms with Crippen molar-refractivity contribution in [3.8, 4) is 17.4 Å². The van der Waals surface area contributed by atoms with Gasteiger partial charge in [-0.05, 0) is 55.1 Å². The second kappa shape index (κ2) is 9.61. The van der Waals surface area contributed by atoms with E-state index in [2.05, 4.69) is 9.97 Å². The molecule has 0 bridgehead atoms. The first-order valence-electron chi connectivity index (χ1n) is 8.80. The minimum Gasteiger partial charge on any atom is -0.437 e. The maximum atomic E-state index is 12.8. The highest BCUT2D eigenvalue weighted by molar-refractivity contribution is 8.55. The molecule has 1 atom stereocenters. The number of nitrogens with zero attached hydrogens (tertiary/aromatic N) is 2. The van der Waals surface area contributed by atoms with Crippen molar-refractivity contribution < 1.29 is 18.3 Å². The van der Waals surface area contributed by atoms with E-state index in [0.717, 1.165) is 6.42 Å². The molecule has 1 unspecified atom stereocenters. The lowest BCUT2D eigenvalue weighted by Gasteiger charge is -2.17. The summed E-state index contributed by atoms with van der Waals surface area (Å²) in [5.41, 5.74) is 1.36. The van der Waals surface area contributed by atoms with Gasteiger partial charge in [0.2, 0.25) is 5.88 Å². The third kappa shape index (κ3) is 5.61. The van der Waals surface area contributed by atoms with E-state index in [-0.39, 0.29) is 0 Å². The number of rotatable bonds is 9. The molecule has 0 fully saturated rings. The van der Waals surface area contributed by atoms with E-state index in [9.17, 15) is 4.57 Å². The van der Waals surface area contributed by atoms with E-state index in [1.807, 2.05) is 6.92 Å². The van der Waals surface area contributed by atoms with Gasteiger partial charge in [0.05, 0.1) is 23.8 Å². The van der Waals surface area contributed by atoms with Crippen molar-refractivity contribution in [1.29, 1.82) is 0 Å². The molecule has 0 spiro atoms. The van der Waals surface area contributed by atoms with Crippen LogP contribution in [0.25, 0.3) is 11.0 Å². The number of aromatic nitrogens is 2. The molecule has 1 aromatic heterocycles. The standard InChI is InChI=1S/C19H20ClN2O4PS/c1-3-10-28-27(23,24-4-2)26-16-7-5-6-15(12-16)25-19-13-21-18-11-14(20)8-9-17(18)22-19/h5-9,11-13H,3-4,10H2,1-2H3. The predicted octanol–water partition coefficient (Wildman–Crippen LogP) is 6.74. The van der Waals surface area contributed by atoms with Crippen LogP contribution in [0.5, 0.6) is 17.4 Å². The molecule has 0 aliphatic rings. The molecule has 3 rings (SSSR count). The Morgan fingerprint density at radius 1 is 1.11 bits per heavy atom. The van der Waals surface area contributed by atoms with Crippen LogP contribution in [0.1, 0.15) is 20.3 Å². The van der Waals surface area contributed by atoms with Crippen LogP contribution in [0.4, 0.5) is 0 Å². The van der Waals surface area contributed by atoms with Crippen molar-refractivity contribution in [3.05, 3.63) is 53.7 Å². The summed E-state index contributed by atoms with van der Waals surface area (Å²) in [5, 5.41) is 0.597. The number of hydrogen-bond acceptors (Lipinski definition) is 7. The molecule has 3 aromatic rings. The Hall–Kier alpha value is -1.79. The third-order valence-electron chi connectivity index (χ3n) is 3.47. The first-order valence-corrected chi connectivity index (χ1v) is 12.3. The largest absolute Gasteiger partial charge is 0.440 e. The Bertz CT molecular complexity index is 1000. The zero-order valence-corrected chi connectivity index (χ0v) is 18.0. The molecule has 0 radical (unpaired) electrons. The van der Waals surface area contributed by atoms with Crippen molar-refractivity contribution in [3.63, 3.8) is 0 Å². The molecule has 148 valence electrons. The molecule has 9 heteroatoms. The van der Waals surface area contributed by atoms with Crippen LogP contribution >= 0.6 is 29.8 Å². The normalized spacial score (nSPS) is 13.2. The van der Waals surface area contributed by atoms with Gasteiger partial charge in [-0.15, -0.1) is 0 Å². The zero-order valence-electron chi connectivity index (χ0n) is 15.5. The fraction of sp³-hybridized carbons (Fsp3) is 0.263. The van der Waals surface area contributed by atoms with Gasteiger partial charge >= 0.3 is 6.80 Å². The van der Waals surface area contributed by atoms with Crippen LogP contribution in [0.3, 0.4) is 0 Å². The highest BCUT2D eigenvalue weighted by Gasteiger charge is 2.26. The zero-order chi connectivity index (χ0) is 20.0. The monoisotopic (exact) mass is 438 g/mol. The number of benzene rings is 2. The second-order valence-corrected chi connectivity index (χ2v) is 10.3. The maximum Gasteiger partial charge on any atom is 0.440 e. The van der Waals surface area contributed by atoms with Gasteiger partial charge in [0.1, 0.15) is 11.5 Å². The highest BCUT2D eigenvalue weighted by atomic mass is 35.5. The molecule has 2 aromatic carbocycles. The molecule has 0 aliphatic heterocycles. The minimum absolute atomic E-state index is 0.306.